The Balaban J connectivity index is 1.70. The summed E-state index contributed by atoms with van der Waals surface area (Å²) in [7, 11) is 0. The van der Waals surface area contributed by atoms with Crippen LogP contribution in [0.25, 0.3) is 11.5 Å². The van der Waals surface area contributed by atoms with E-state index in [1.807, 2.05) is 39.0 Å². The largest absolute Gasteiger partial charge is 0.325 e. The number of nitrogens with zero attached hydrogens (tertiary/aromatic N) is 5. The number of carbonyl (C=O) groups excluding carboxylic acids is 2. The van der Waals surface area contributed by atoms with E-state index >= 15 is 0 Å². The van der Waals surface area contributed by atoms with Crippen molar-refractivity contribution in [3.8, 4) is 11.5 Å². The Morgan fingerprint density at radius 3 is 2.62 bits per heavy atom. The molecule has 0 saturated carbocycles. The molecule has 10 nitrogen and oxygen atoms in total. The van der Waals surface area contributed by atoms with Crippen LogP contribution in [0.15, 0.2) is 28.0 Å². The first-order valence-electron chi connectivity index (χ1n) is 8.92. The van der Waals surface area contributed by atoms with Crippen molar-refractivity contribution in [2.45, 2.75) is 39.4 Å². The van der Waals surface area contributed by atoms with Gasteiger partial charge in [-0.2, -0.15) is 0 Å². The molecule has 11 heteroatoms. The molecule has 29 heavy (non-hydrogen) atoms. The number of rotatable bonds is 7. The minimum Gasteiger partial charge on any atom is -0.325 e. The predicted octanol–water partition coefficient (Wildman–Crippen LogP) is 2.65. The molecule has 3 rings (SSSR count). The first-order valence-corrected chi connectivity index (χ1v) is 9.91. The van der Waals surface area contributed by atoms with E-state index in [0.717, 1.165) is 11.3 Å². The van der Waals surface area contributed by atoms with Gasteiger partial charge in [0.15, 0.2) is 16.7 Å². The Labute approximate surface area is 171 Å². The average molecular weight is 415 g/mol. The second kappa shape index (κ2) is 8.86. The number of hydrogen-bond acceptors (Lipinski definition) is 8. The Morgan fingerprint density at radius 1 is 1.14 bits per heavy atom. The van der Waals surface area contributed by atoms with Gasteiger partial charge in [-0.1, -0.05) is 17.8 Å². The summed E-state index contributed by atoms with van der Waals surface area (Å²) in [5.41, 5.74) is 3.31. The molecule has 2 aromatic heterocycles. The summed E-state index contributed by atoms with van der Waals surface area (Å²) in [6.45, 7) is 7.83. The Kier molecular flexibility index (Phi) is 6.27. The lowest BCUT2D eigenvalue weighted by Gasteiger charge is -2.08. The third-order valence-corrected chi connectivity index (χ3v) is 5.12. The predicted molar refractivity (Wildman–Crippen MR) is 109 cm³/mol. The number of carbonyl (C=O) groups is 2. The van der Waals surface area contributed by atoms with Gasteiger partial charge in [0.2, 0.25) is 17.6 Å². The molecular formula is C18H21N7O3S. The highest BCUT2D eigenvalue weighted by atomic mass is 32.2. The highest BCUT2D eigenvalue weighted by Gasteiger charge is 2.22. The number of amides is 2. The molecule has 0 saturated heterocycles. The van der Waals surface area contributed by atoms with Gasteiger partial charge in [-0.15, -0.1) is 10.2 Å². The van der Waals surface area contributed by atoms with Gasteiger partial charge in [0, 0.05) is 19.2 Å². The fourth-order valence-corrected chi connectivity index (χ4v) is 3.39. The molecule has 0 fully saturated rings. The van der Waals surface area contributed by atoms with E-state index in [2.05, 4.69) is 31.1 Å². The van der Waals surface area contributed by atoms with E-state index in [1.165, 1.54) is 24.2 Å². The number of nitrogens with one attached hydrogen (secondary N) is 2. The van der Waals surface area contributed by atoms with Crippen LogP contribution in [0, 0.1) is 13.8 Å². The normalized spacial score (nSPS) is 10.8. The summed E-state index contributed by atoms with van der Waals surface area (Å²) in [6.07, 6.45) is 0. The van der Waals surface area contributed by atoms with Crippen molar-refractivity contribution in [3.63, 3.8) is 0 Å². The van der Waals surface area contributed by atoms with Crippen LogP contribution in [-0.2, 0) is 16.1 Å². The summed E-state index contributed by atoms with van der Waals surface area (Å²) < 4.78 is 6.50. The van der Waals surface area contributed by atoms with Gasteiger partial charge in [-0.25, -0.2) is 4.63 Å². The molecule has 2 N–H and O–H groups in total. The third-order valence-electron chi connectivity index (χ3n) is 4.15. The highest BCUT2D eigenvalue weighted by molar-refractivity contribution is 7.99. The monoisotopic (exact) mass is 415 g/mol. The lowest BCUT2D eigenvalue weighted by molar-refractivity contribution is -0.114. The third kappa shape index (κ3) is 4.80. The highest BCUT2D eigenvalue weighted by Crippen LogP contribution is 2.27. The van der Waals surface area contributed by atoms with Crippen LogP contribution in [-0.4, -0.2) is 42.6 Å². The van der Waals surface area contributed by atoms with Gasteiger partial charge in [0.25, 0.3) is 0 Å². The van der Waals surface area contributed by atoms with E-state index in [9.17, 15) is 9.59 Å². The van der Waals surface area contributed by atoms with E-state index in [0.29, 0.717) is 17.5 Å². The number of hydrogen-bond donors (Lipinski definition) is 2. The summed E-state index contributed by atoms with van der Waals surface area (Å²) in [4.78, 5) is 23.6. The quantitative estimate of drug-likeness (QED) is 0.564. The van der Waals surface area contributed by atoms with Crippen LogP contribution in [0.1, 0.15) is 25.0 Å². The first kappa shape index (κ1) is 20.5. The number of anilines is 2. The molecule has 0 atom stereocenters. The molecule has 0 aliphatic rings. The number of aromatic nitrogens is 5. The van der Waals surface area contributed by atoms with Crippen LogP contribution >= 0.6 is 11.8 Å². The molecule has 3 aromatic rings. The van der Waals surface area contributed by atoms with Crippen molar-refractivity contribution < 1.29 is 14.2 Å². The average Bonchev–Trinajstić information content (AvgIpc) is 3.28. The molecule has 0 unspecified atom stereocenters. The maximum Gasteiger partial charge on any atom is 0.234 e. The van der Waals surface area contributed by atoms with Gasteiger partial charge < -0.3 is 15.2 Å². The summed E-state index contributed by atoms with van der Waals surface area (Å²) in [5, 5.41) is 21.7. The molecule has 0 spiro atoms. The lowest BCUT2D eigenvalue weighted by Crippen LogP contribution is -2.15. The second-order valence-electron chi connectivity index (χ2n) is 6.33. The van der Waals surface area contributed by atoms with E-state index in [1.54, 1.807) is 4.57 Å². The Morgan fingerprint density at radius 2 is 1.93 bits per heavy atom. The maximum absolute atomic E-state index is 12.3. The smallest absolute Gasteiger partial charge is 0.234 e. The standard InChI is InChI=1S/C18H21N7O3S/c1-5-25-17(15-16(19-12(4)26)24-28-23-15)21-22-18(25)29-9-14(27)20-13-7-6-10(2)11(3)8-13/h6-8H,5,9H2,1-4H3,(H,20,27)(H,19,24,26). The zero-order valence-electron chi connectivity index (χ0n) is 16.5. The van der Waals surface area contributed by atoms with Gasteiger partial charge in [-0.3, -0.25) is 9.59 Å². The van der Waals surface area contributed by atoms with Crippen molar-refractivity contribution in [1.29, 1.82) is 0 Å². The van der Waals surface area contributed by atoms with Crippen LogP contribution in [0.4, 0.5) is 11.5 Å². The molecular weight excluding hydrogens is 394 g/mol. The summed E-state index contributed by atoms with van der Waals surface area (Å²) in [6, 6.07) is 5.78. The Hall–Kier alpha value is -3.21. The number of thioether (sulfide) groups is 1. The van der Waals surface area contributed by atoms with Crippen molar-refractivity contribution >= 4 is 35.1 Å². The zero-order valence-corrected chi connectivity index (χ0v) is 17.3. The summed E-state index contributed by atoms with van der Waals surface area (Å²) in [5.74, 6) is 0.286. The number of aryl methyl sites for hydroxylation is 2. The van der Waals surface area contributed by atoms with Crippen molar-refractivity contribution in [2.75, 3.05) is 16.4 Å². The van der Waals surface area contributed by atoms with Gasteiger partial charge >= 0.3 is 0 Å². The SMILES string of the molecule is CCn1c(SCC(=O)Nc2ccc(C)c(C)c2)nnc1-c1nonc1NC(C)=O. The molecule has 2 amide bonds. The molecule has 0 radical (unpaired) electrons. The van der Waals surface area contributed by atoms with Crippen LogP contribution in [0.5, 0.6) is 0 Å². The fraction of sp³-hybridized carbons (Fsp3) is 0.333. The van der Waals surface area contributed by atoms with E-state index in [-0.39, 0.29) is 29.1 Å². The first-order chi connectivity index (χ1) is 13.9. The van der Waals surface area contributed by atoms with Crippen LogP contribution < -0.4 is 10.6 Å². The van der Waals surface area contributed by atoms with Crippen molar-refractivity contribution in [1.82, 2.24) is 25.1 Å². The fourth-order valence-electron chi connectivity index (χ4n) is 2.59. The lowest BCUT2D eigenvalue weighted by atomic mass is 10.1. The maximum atomic E-state index is 12.3. The minimum absolute atomic E-state index is 0.146. The Bertz CT molecular complexity index is 1040. The van der Waals surface area contributed by atoms with Gasteiger partial charge in [0.1, 0.15) is 0 Å². The molecule has 152 valence electrons. The molecule has 0 aliphatic carbocycles. The van der Waals surface area contributed by atoms with Crippen molar-refractivity contribution in [2.24, 2.45) is 0 Å². The zero-order chi connectivity index (χ0) is 21.0. The molecule has 0 aliphatic heterocycles. The van der Waals surface area contributed by atoms with E-state index < -0.39 is 0 Å². The van der Waals surface area contributed by atoms with Gasteiger partial charge in [-0.05, 0) is 54.3 Å². The molecule has 0 bridgehead atoms. The minimum atomic E-state index is -0.304. The number of benzene rings is 1. The van der Waals surface area contributed by atoms with Gasteiger partial charge in [0.05, 0.1) is 5.75 Å². The van der Waals surface area contributed by atoms with Crippen molar-refractivity contribution in [3.05, 3.63) is 29.3 Å². The van der Waals surface area contributed by atoms with Crippen LogP contribution in [0.2, 0.25) is 0 Å². The molecule has 1 aromatic carbocycles. The topological polar surface area (TPSA) is 128 Å². The second-order valence-corrected chi connectivity index (χ2v) is 7.27. The van der Waals surface area contributed by atoms with E-state index in [4.69, 9.17) is 4.63 Å². The van der Waals surface area contributed by atoms with Crippen LogP contribution in [0.3, 0.4) is 0 Å². The summed E-state index contributed by atoms with van der Waals surface area (Å²) >= 11 is 1.26. The molecule has 2 heterocycles.